The van der Waals surface area contributed by atoms with Gasteiger partial charge in [0, 0.05) is 42.6 Å². The number of nitrogens with zero attached hydrogens (tertiary/aromatic N) is 1. The van der Waals surface area contributed by atoms with E-state index in [0.29, 0.717) is 36.4 Å². The van der Waals surface area contributed by atoms with Crippen LogP contribution in [0.5, 0.6) is 5.75 Å². The van der Waals surface area contributed by atoms with Crippen LogP contribution in [-0.2, 0) is 16.0 Å². The van der Waals surface area contributed by atoms with Gasteiger partial charge in [0.05, 0.1) is 13.0 Å². The Morgan fingerprint density at radius 2 is 1.94 bits per heavy atom. The lowest BCUT2D eigenvalue weighted by molar-refractivity contribution is -0.136. The normalized spacial score (nSPS) is 19.5. The molecule has 0 bridgehead atoms. The number of nitrogens with one attached hydrogen (secondary N) is 1. The number of rotatable bonds is 6. The van der Waals surface area contributed by atoms with Crippen molar-refractivity contribution in [2.45, 2.75) is 70.8 Å². The van der Waals surface area contributed by atoms with Crippen LogP contribution in [0.3, 0.4) is 0 Å². The zero-order chi connectivity index (χ0) is 23.4. The maximum Gasteiger partial charge on any atom is 0.339 e. The fraction of sp³-hybridized carbons (Fsp3) is 0.577. The molecule has 1 unspecified atom stereocenters. The van der Waals surface area contributed by atoms with E-state index in [1.165, 1.54) is 19.3 Å². The van der Waals surface area contributed by atoms with Gasteiger partial charge in [-0.1, -0.05) is 19.3 Å². The lowest BCUT2D eigenvalue weighted by atomic mass is 9.92. The Kier molecular flexibility index (Phi) is 7.36. The predicted molar refractivity (Wildman–Crippen MR) is 126 cm³/mol. The lowest BCUT2D eigenvalue weighted by Crippen LogP contribution is -2.48. The minimum absolute atomic E-state index is 0.0150. The van der Waals surface area contributed by atoms with Crippen molar-refractivity contribution in [1.29, 1.82) is 0 Å². The van der Waals surface area contributed by atoms with Gasteiger partial charge in [0.15, 0.2) is 0 Å². The van der Waals surface area contributed by atoms with Gasteiger partial charge < -0.3 is 19.4 Å². The van der Waals surface area contributed by atoms with Gasteiger partial charge in [-0.3, -0.25) is 9.59 Å². The average molecular weight is 455 g/mol. The minimum Gasteiger partial charge on any atom is -0.497 e. The molecule has 2 aromatic rings. The van der Waals surface area contributed by atoms with Crippen LogP contribution < -0.4 is 15.7 Å². The third-order valence-corrected chi connectivity index (χ3v) is 7.18. The number of amides is 2. The van der Waals surface area contributed by atoms with Crippen LogP contribution in [0, 0.1) is 12.8 Å². The molecular formula is C26H34N2O5. The number of hydrogen-bond donors (Lipinski definition) is 1. The number of hydrogen-bond acceptors (Lipinski definition) is 5. The van der Waals surface area contributed by atoms with E-state index in [2.05, 4.69) is 5.32 Å². The molecule has 1 aliphatic carbocycles. The first-order chi connectivity index (χ1) is 16.0. The van der Waals surface area contributed by atoms with Crippen LogP contribution >= 0.6 is 0 Å². The van der Waals surface area contributed by atoms with Gasteiger partial charge in [-0.15, -0.1) is 0 Å². The van der Waals surface area contributed by atoms with Gasteiger partial charge in [0.25, 0.3) is 0 Å². The largest absolute Gasteiger partial charge is 0.497 e. The Morgan fingerprint density at radius 1 is 1.15 bits per heavy atom. The van der Waals surface area contributed by atoms with Crippen molar-refractivity contribution in [3.8, 4) is 5.75 Å². The molecule has 1 atom stereocenters. The van der Waals surface area contributed by atoms with E-state index < -0.39 is 5.63 Å². The highest BCUT2D eigenvalue weighted by Gasteiger charge is 2.30. The molecule has 1 N–H and O–H groups in total. The van der Waals surface area contributed by atoms with Crippen LogP contribution in [0.2, 0.25) is 0 Å². The number of methoxy groups -OCH3 is 1. The van der Waals surface area contributed by atoms with Crippen molar-refractivity contribution in [3.05, 3.63) is 39.7 Å². The minimum atomic E-state index is -0.413. The molecule has 7 nitrogen and oxygen atoms in total. The van der Waals surface area contributed by atoms with Crippen LogP contribution in [0.1, 0.15) is 62.5 Å². The summed E-state index contributed by atoms with van der Waals surface area (Å²) in [6.07, 6.45) is 7.91. The summed E-state index contributed by atoms with van der Waals surface area (Å²) in [7, 11) is 1.57. The fourth-order valence-corrected chi connectivity index (χ4v) is 5.16. The summed E-state index contributed by atoms with van der Waals surface area (Å²) < 4.78 is 10.7. The van der Waals surface area contributed by atoms with Crippen molar-refractivity contribution in [2.75, 3.05) is 20.2 Å². The molecule has 1 aliphatic heterocycles. The van der Waals surface area contributed by atoms with Crippen LogP contribution in [0.4, 0.5) is 0 Å². The summed E-state index contributed by atoms with van der Waals surface area (Å²) in [4.78, 5) is 40.1. The molecule has 1 saturated heterocycles. The third-order valence-electron chi connectivity index (χ3n) is 7.18. The summed E-state index contributed by atoms with van der Waals surface area (Å²) in [5, 5.41) is 4.05. The molecule has 2 heterocycles. The average Bonchev–Trinajstić information content (AvgIpc) is 2.84. The Morgan fingerprint density at radius 3 is 2.70 bits per heavy atom. The third kappa shape index (κ3) is 5.40. The topological polar surface area (TPSA) is 88.9 Å². The number of piperidine rings is 1. The second kappa shape index (κ2) is 10.4. The standard InChI is InChI=1S/C26H34N2O5/c1-17-21-11-10-20(32-2)15-23(21)33-26(31)22(17)12-13-24(29)28-14-6-7-18(16-28)25(30)27-19-8-4-3-5-9-19/h10-11,15,18-19H,3-9,12-14,16H2,1-2H3,(H,27,30). The fourth-order valence-electron chi connectivity index (χ4n) is 5.16. The van der Waals surface area contributed by atoms with Gasteiger partial charge in [0.2, 0.25) is 11.8 Å². The lowest BCUT2D eigenvalue weighted by Gasteiger charge is -2.33. The van der Waals surface area contributed by atoms with Crippen molar-refractivity contribution in [2.24, 2.45) is 5.92 Å². The Balaban J connectivity index is 1.37. The highest BCUT2D eigenvalue weighted by Crippen LogP contribution is 2.25. The number of aryl methyl sites for hydroxylation is 1. The number of carbonyl (C=O) groups excluding carboxylic acids is 2. The van der Waals surface area contributed by atoms with E-state index in [-0.39, 0.29) is 30.2 Å². The molecule has 2 fully saturated rings. The molecule has 0 spiro atoms. The molecule has 33 heavy (non-hydrogen) atoms. The second-order valence-electron chi connectivity index (χ2n) is 9.38. The van der Waals surface area contributed by atoms with Crippen molar-refractivity contribution < 1.29 is 18.7 Å². The van der Waals surface area contributed by atoms with Crippen LogP contribution in [-0.4, -0.2) is 43.0 Å². The second-order valence-corrected chi connectivity index (χ2v) is 9.38. The summed E-state index contributed by atoms with van der Waals surface area (Å²) >= 11 is 0. The molecule has 1 aromatic heterocycles. The SMILES string of the molecule is COc1ccc2c(C)c(CCC(=O)N3CCCC(C(=O)NC4CCCCC4)C3)c(=O)oc2c1. The Hall–Kier alpha value is -2.83. The van der Waals surface area contributed by atoms with E-state index in [4.69, 9.17) is 9.15 Å². The van der Waals surface area contributed by atoms with Crippen LogP contribution in [0.25, 0.3) is 11.0 Å². The van der Waals surface area contributed by atoms with E-state index in [1.54, 1.807) is 18.1 Å². The molecule has 4 rings (SSSR count). The van der Waals surface area contributed by atoms with Crippen molar-refractivity contribution >= 4 is 22.8 Å². The smallest absolute Gasteiger partial charge is 0.339 e. The van der Waals surface area contributed by atoms with Crippen LogP contribution in [0.15, 0.2) is 27.4 Å². The zero-order valence-electron chi connectivity index (χ0n) is 19.7. The number of likely N-dealkylation sites (tertiary alicyclic amines) is 1. The van der Waals surface area contributed by atoms with E-state index in [0.717, 1.165) is 36.6 Å². The molecule has 178 valence electrons. The van der Waals surface area contributed by atoms with Gasteiger partial charge in [-0.2, -0.15) is 0 Å². The van der Waals surface area contributed by atoms with E-state index in [1.807, 2.05) is 19.1 Å². The maximum absolute atomic E-state index is 12.9. The predicted octanol–water partition coefficient (Wildman–Crippen LogP) is 3.73. The summed E-state index contributed by atoms with van der Waals surface area (Å²) in [5.74, 6) is 0.548. The first kappa shape index (κ1) is 23.3. The van der Waals surface area contributed by atoms with E-state index >= 15 is 0 Å². The Bertz CT molecular complexity index is 1070. The molecule has 2 amide bonds. The first-order valence-corrected chi connectivity index (χ1v) is 12.1. The molecule has 2 aliphatic rings. The highest BCUT2D eigenvalue weighted by molar-refractivity contribution is 5.83. The Labute approximate surface area is 194 Å². The van der Waals surface area contributed by atoms with Gasteiger partial charge in [-0.25, -0.2) is 4.79 Å². The first-order valence-electron chi connectivity index (χ1n) is 12.1. The number of benzene rings is 1. The zero-order valence-corrected chi connectivity index (χ0v) is 19.7. The molecule has 1 aromatic carbocycles. The highest BCUT2D eigenvalue weighted by atomic mass is 16.5. The van der Waals surface area contributed by atoms with Gasteiger partial charge in [0.1, 0.15) is 11.3 Å². The molecule has 7 heteroatoms. The molecular weight excluding hydrogens is 420 g/mol. The number of fused-ring (bicyclic) bond motifs is 1. The summed E-state index contributed by atoms with van der Waals surface area (Å²) in [6, 6.07) is 5.69. The monoisotopic (exact) mass is 454 g/mol. The summed E-state index contributed by atoms with van der Waals surface area (Å²) in [6.45, 7) is 3.01. The van der Waals surface area contributed by atoms with Crippen molar-refractivity contribution in [1.82, 2.24) is 10.2 Å². The van der Waals surface area contributed by atoms with E-state index in [9.17, 15) is 14.4 Å². The summed E-state index contributed by atoms with van der Waals surface area (Å²) in [5.41, 5.74) is 1.43. The van der Waals surface area contributed by atoms with Gasteiger partial charge in [-0.05, 0) is 56.7 Å². The quantitative estimate of drug-likeness (QED) is 0.672. The number of ether oxygens (including phenoxy) is 1. The maximum atomic E-state index is 12.9. The molecule has 1 saturated carbocycles. The van der Waals surface area contributed by atoms with Gasteiger partial charge >= 0.3 is 5.63 Å². The van der Waals surface area contributed by atoms with Crippen molar-refractivity contribution in [3.63, 3.8) is 0 Å². The number of carbonyl (C=O) groups is 2. The molecule has 0 radical (unpaired) electrons.